The van der Waals surface area contributed by atoms with Crippen molar-refractivity contribution in [1.29, 1.82) is 0 Å². The fourth-order valence-corrected chi connectivity index (χ4v) is 3.03. The van der Waals surface area contributed by atoms with Crippen molar-refractivity contribution in [2.24, 2.45) is 5.92 Å². The largest absolute Gasteiger partial charge is 0.391 e. The molecule has 1 aromatic rings. The maximum absolute atomic E-state index is 11.8. The number of thiophene rings is 1. The predicted octanol–water partition coefficient (Wildman–Crippen LogP) is 2.75. The zero-order valence-corrected chi connectivity index (χ0v) is 12.6. The third-order valence-corrected chi connectivity index (χ3v) is 4.64. The highest BCUT2D eigenvalue weighted by Crippen LogP contribution is 2.32. The van der Waals surface area contributed by atoms with Crippen LogP contribution < -0.4 is 0 Å². The molecule has 1 fully saturated rings. The first-order chi connectivity index (χ1) is 8.56. The maximum Gasteiger partial charge on any atom is 0.246 e. The lowest BCUT2D eigenvalue weighted by molar-refractivity contribution is -0.126. The Morgan fingerprint density at radius 1 is 1.72 bits per heavy atom. The van der Waals surface area contributed by atoms with Gasteiger partial charge in [0.25, 0.3) is 0 Å². The molecule has 1 unspecified atom stereocenters. The Hall–Kier alpha value is -0.650. The minimum atomic E-state index is -0.372. The summed E-state index contributed by atoms with van der Waals surface area (Å²) in [7, 11) is 1.72. The highest BCUT2D eigenvalue weighted by Gasteiger charge is 2.30. The van der Waals surface area contributed by atoms with Crippen LogP contribution >= 0.6 is 27.3 Å². The molecule has 1 aliphatic rings. The highest BCUT2D eigenvalue weighted by molar-refractivity contribution is 9.10. The van der Waals surface area contributed by atoms with Crippen LogP contribution in [0.1, 0.15) is 17.7 Å². The standard InChI is InChI=1S/C13H16BrNO2S/c1-15(7-12(16)9-2-3-9)13(17)5-4-11-6-10(14)8-18-11/h4-6,8-9,12,16H,2-3,7H2,1H3. The molecule has 0 bridgehead atoms. The molecule has 1 saturated carbocycles. The topological polar surface area (TPSA) is 40.5 Å². The van der Waals surface area contributed by atoms with Crippen molar-refractivity contribution in [2.45, 2.75) is 18.9 Å². The van der Waals surface area contributed by atoms with Gasteiger partial charge in [-0.15, -0.1) is 11.3 Å². The van der Waals surface area contributed by atoms with Gasteiger partial charge < -0.3 is 10.0 Å². The highest BCUT2D eigenvalue weighted by atomic mass is 79.9. The van der Waals surface area contributed by atoms with Gasteiger partial charge in [-0.1, -0.05) is 0 Å². The van der Waals surface area contributed by atoms with E-state index in [2.05, 4.69) is 15.9 Å². The van der Waals surface area contributed by atoms with Gasteiger partial charge in [0.1, 0.15) is 0 Å². The molecule has 3 nitrogen and oxygen atoms in total. The molecule has 1 aliphatic carbocycles. The van der Waals surface area contributed by atoms with Crippen LogP contribution in [0.25, 0.3) is 6.08 Å². The van der Waals surface area contributed by atoms with Crippen molar-refractivity contribution in [1.82, 2.24) is 4.90 Å². The quantitative estimate of drug-likeness (QED) is 0.844. The van der Waals surface area contributed by atoms with Gasteiger partial charge in [0.05, 0.1) is 6.10 Å². The number of nitrogens with zero attached hydrogens (tertiary/aromatic N) is 1. The van der Waals surface area contributed by atoms with E-state index in [4.69, 9.17) is 0 Å². The second kappa shape index (κ2) is 5.99. The van der Waals surface area contributed by atoms with Gasteiger partial charge in [-0.25, -0.2) is 0 Å². The van der Waals surface area contributed by atoms with Crippen molar-refractivity contribution < 1.29 is 9.90 Å². The van der Waals surface area contributed by atoms with E-state index in [9.17, 15) is 9.90 Å². The van der Waals surface area contributed by atoms with Crippen LogP contribution in [0.4, 0.5) is 0 Å². The second-order valence-electron chi connectivity index (χ2n) is 4.62. The summed E-state index contributed by atoms with van der Waals surface area (Å²) in [5.74, 6) is 0.330. The van der Waals surface area contributed by atoms with Crippen LogP contribution in [0.5, 0.6) is 0 Å². The van der Waals surface area contributed by atoms with Gasteiger partial charge in [0.2, 0.25) is 5.91 Å². The number of aliphatic hydroxyl groups excluding tert-OH is 1. The zero-order chi connectivity index (χ0) is 13.1. The Labute approximate surface area is 119 Å². The number of aliphatic hydroxyl groups is 1. The summed E-state index contributed by atoms with van der Waals surface area (Å²) in [5.41, 5.74) is 0. The average molecular weight is 330 g/mol. The molecule has 1 N–H and O–H groups in total. The van der Waals surface area contributed by atoms with Gasteiger partial charge in [-0.3, -0.25) is 4.79 Å². The lowest BCUT2D eigenvalue weighted by Crippen LogP contribution is -2.34. The number of likely N-dealkylation sites (N-methyl/N-ethyl adjacent to an activating group) is 1. The normalized spacial score (nSPS) is 17.1. The van der Waals surface area contributed by atoms with Crippen molar-refractivity contribution in [3.8, 4) is 0 Å². The Morgan fingerprint density at radius 2 is 2.44 bits per heavy atom. The molecule has 0 aliphatic heterocycles. The monoisotopic (exact) mass is 329 g/mol. The number of hydrogen-bond acceptors (Lipinski definition) is 3. The van der Waals surface area contributed by atoms with Gasteiger partial charge in [-0.05, 0) is 46.8 Å². The van der Waals surface area contributed by atoms with E-state index >= 15 is 0 Å². The predicted molar refractivity (Wildman–Crippen MR) is 77.4 cm³/mol. The Morgan fingerprint density at radius 3 is 3.00 bits per heavy atom. The summed E-state index contributed by atoms with van der Waals surface area (Å²) >= 11 is 4.95. The number of amides is 1. The summed E-state index contributed by atoms with van der Waals surface area (Å²) in [6.07, 6.45) is 5.16. The summed E-state index contributed by atoms with van der Waals surface area (Å²) in [5, 5.41) is 11.8. The third kappa shape index (κ3) is 3.93. The lowest BCUT2D eigenvalue weighted by atomic mass is 10.2. The first kappa shape index (κ1) is 13.8. The SMILES string of the molecule is CN(CC(O)C1CC1)C(=O)C=Cc1cc(Br)cs1. The molecular formula is C13H16BrNO2S. The number of rotatable bonds is 5. The number of halogens is 1. The molecule has 1 aromatic heterocycles. The smallest absolute Gasteiger partial charge is 0.246 e. The molecule has 18 heavy (non-hydrogen) atoms. The molecule has 0 saturated heterocycles. The molecule has 1 heterocycles. The van der Waals surface area contributed by atoms with E-state index in [1.54, 1.807) is 35.4 Å². The van der Waals surface area contributed by atoms with Crippen LogP contribution in [0.2, 0.25) is 0 Å². The van der Waals surface area contributed by atoms with Crippen molar-refractivity contribution in [3.05, 3.63) is 26.9 Å². The van der Waals surface area contributed by atoms with Gasteiger partial charge in [0, 0.05) is 34.4 Å². The average Bonchev–Trinajstić information content (AvgIpc) is 3.10. The fourth-order valence-electron chi connectivity index (χ4n) is 1.70. The second-order valence-corrected chi connectivity index (χ2v) is 6.48. The van der Waals surface area contributed by atoms with E-state index in [0.29, 0.717) is 12.5 Å². The molecular weight excluding hydrogens is 314 g/mol. The van der Waals surface area contributed by atoms with E-state index in [1.165, 1.54) is 0 Å². The summed E-state index contributed by atoms with van der Waals surface area (Å²) < 4.78 is 1.03. The molecule has 1 atom stereocenters. The number of hydrogen-bond donors (Lipinski definition) is 1. The molecule has 0 aromatic carbocycles. The van der Waals surface area contributed by atoms with Gasteiger partial charge in [-0.2, -0.15) is 0 Å². The fraction of sp³-hybridized carbons (Fsp3) is 0.462. The Kier molecular flexibility index (Phi) is 4.59. The van der Waals surface area contributed by atoms with E-state index < -0.39 is 0 Å². The lowest BCUT2D eigenvalue weighted by Gasteiger charge is -2.19. The van der Waals surface area contributed by atoms with Crippen LogP contribution in [-0.2, 0) is 4.79 Å². The minimum absolute atomic E-state index is 0.0702. The third-order valence-electron chi connectivity index (χ3n) is 2.98. The molecule has 1 amide bonds. The molecule has 0 spiro atoms. The molecule has 5 heteroatoms. The number of carbonyl (C=O) groups is 1. The Balaban J connectivity index is 1.84. The van der Waals surface area contributed by atoms with Crippen molar-refractivity contribution in [3.63, 3.8) is 0 Å². The Bertz CT molecular complexity index is 454. The van der Waals surface area contributed by atoms with E-state index in [0.717, 1.165) is 22.2 Å². The van der Waals surface area contributed by atoms with Crippen LogP contribution in [0.3, 0.4) is 0 Å². The first-order valence-electron chi connectivity index (χ1n) is 5.91. The molecule has 98 valence electrons. The zero-order valence-electron chi connectivity index (χ0n) is 10.2. The van der Waals surface area contributed by atoms with Crippen LogP contribution in [0, 0.1) is 5.92 Å². The van der Waals surface area contributed by atoms with Gasteiger partial charge >= 0.3 is 0 Å². The van der Waals surface area contributed by atoms with Crippen LogP contribution in [-0.4, -0.2) is 35.6 Å². The summed E-state index contributed by atoms with van der Waals surface area (Å²) in [6.45, 7) is 0.419. The number of carbonyl (C=O) groups excluding carboxylic acids is 1. The van der Waals surface area contributed by atoms with Crippen LogP contribution in [0.15, 0.2) is 22.0 Å². The summed E-state index contributed by atoms with van der Waals surface area (Å²) in [4.78, 5) is 14.4. The maximum atomic E-state index is 11.8. The minimum Gasteiger partial charge on any atom is -0.391 e. The first-order valence-corrected chi connectivity index (χ1v) is 7.59. The molecule has 0 radical (unpaired) electrons. The van der Waals surface area contributed by atoms with E-state index in [-0.39, 0.29) is 12.0 Å². The van der Waals surface area contributed by atoms with Gasteiger partial charge in [0.15, 0.2) is 0 Å². The summed E-state index contributed by atoms with van der Waals surface area (Å²) in [6, 6.07) is 1.97. The van der Waals surface area contributed by atoms with E-state index in [1.807, 2.05) is 11.4 Å². The van der Waals surface area contributed by atoms with Crippen molar-refractivity contribution >= 4 is 39.2 Å². The molecule has 2 rings (SSSR count). The van der Waals surface area contributed by atoms with Crippen molar-refractivity contribution in [2.75, 3.05) is 13.6 Å².